The maximum absolute atomic E-state index is 5.36. The Morgan fingerprint density at radius 3 is 2.67 bits per heavy atom. The topological polar surface area (TPSA) is 21.3 Å². The van der Waals surface area contributed by atoms with E-state index in [1.54, 1.807) is 0 Å². The van der Waals surface area contributed by atoms with E-state index in [1.165, 1.54) is 19.3 Å². The first kappa shape index (κ1) is 13.0. The molecule has 0 amide bonds. The van der Waals surface area contributed by atoms with Gasteiger partial charge in [-0.25, -0.2) is 0 Å². The fourth-order valence-corrected chi connectivity index (χ4v) is 1.86. The molecule has 1 saturated heterocycles. The Hall–Kier alpha value is -0.0800. The molecular formula is C13H27NO. The SMILES string of the molecule is CC(CCC(C)(C)C)NCC1CCOC1. The average Bonchev–Trinajstić information content (AvgIpc) is 2.62. The van der Waals surface area contributed by atoms with Crippen molar-refractivity contribution in [1.82, 2.24) is 5.32 Å². The first-order chi connectivity index (χ1) is 6.97. The van der Waals surface area contributed by atoms with Crippen LogP contribution in [0.4, 0.5) is 0 Å². The van der Waals surface area contributed by atoms with Crippen LogP contribution in [0, 0.1) is 11.3 Å². The molecule has 90 valence electrons. The quantitative estimate of drug-likeness (QED) is 0.758. The summed E-state index contributed by atoms with van der Waals surface area (Å²) in [7, 11) is 0. The van der Waals surface area contributed by atoms with Gasteiger partial charge in [0.15, 0.2) is 0 Å². The zero-order chi connectivity index (χ0) is 11.3. The third kappa shape index (κ3) is 6.16. The summed E-state index contributed by atoms with van der Waals surface area (Å²) in [5.41, 5.74) is 0.465. The van der Waals surface area contributed by atoms with E-state index in [1.807, 2.05) is 0 Å². The highest BCUT2D eigenvalue weighted by Gasteiger charge is 2.17. The van der Waals surface area contributed by atoms with Gasteiger partial charge < -0.3 is 10.1 Å². The lowest BCUT2D eigenvalue weighted by Crippen LogP contribution is -2.32. The zero-order valence-electron chi connectivity index (χ0n) is 10.8. The molecule has 2 atom stereocenters. The van der Waals surface area contributed by atoms with Crippen molar-refractivity contribution in [2.75, 3.05) is 19.8 Å². The molecule has 0 aromatic heterocycles. The molecule has 0 radical (unpaired) electrons. The van der Waals surface area contributed by atoms with E-state index >= 15 is 0 Å². The van der Waals surface area contributed by atoms with Crippen molar-refractivity contribution in [3.63, 3.8) is 0 Å². The molecular weight excluding hydrogens is 186 g/mol. The van der Waals surface area contributed by atoms with Crippen molar-refractivity contribution < 1.29 is 4.74 Å². The van der Waals surface area contributed by atoms with E-state index in [2.05, 4.69) is 33.0 Å². The maximum atomic E-state index is 5.36. The molecule has 0 aliphatic carbocycles. The van der Waals surface area contributed by atoms with Gasteiger partial charge in [0, 0.05) is 19.2 Å². The third-order valence-electron chi connectivity index (χ3n) is 3.11. The van der Waals surface area contributed by atoms with Crippen LogP contribution in [-0.4, -0.2) is 25.8 Å². The largest absolute Gasteiger partial charge is 0.381 e. The molecule has 1 aliphatic rings. The van der Waals surface area contributed by atoms with Crippen LogP contribution in [0.25, 0.3) is 0 Å². The highest BCUT2D eigenvalue weighted by atomic mass is 16.5. The van der Waals surface area contributed by atoms with E-state index < -0.39 is 0 Å². The number of hydrogen-bond donors (Lipinski definition) is 1. The Balaban J connectivity index is 2.05. The molecule has 2 heteroatoms. The zero-order valence-corrected chi connectivity index (χ0v) is 10.8. The average molecular weight is 213 g/mol. The number of ether oxygens (including phenoxy) is 1. The maximum Gasteiger partial charge on any atom is 0.0507 e. The van der Waals surface area contributed by atoms with Crippen molar-refractivity contribution in [3.05, 3.63) is 0 Å². The van der Waals surface area contributed by atoms with Gasteiger partial charge in [-0.2, -0.15) is 0 Å². The van der Waals surface area contributed by atoms with Crippen molar-refractivity contribution in [2.45, 2.75) is 53.0 Å². The molecule has 1 aliphatic heterocycles. The molecule has 0 aromatic rings. The smallest absolute Gasteiger partial charge is 0.0507 e. The summed E-state index contributed by atoms with van der Waals surface area (Å²) in [5, 5.41) is 3.62. The summed E-state index contributed by atoms with van der Waals surface area (Å²) in [6.07, 6.45) is 3.80. The van der Waals surface area contributed by atoms with Crippen LogP contribution >= 0.6 is 0 Å². The summed E-state index contributed by atoms with van der Waals surface area (Å²) in [6, 6.07) is 0.643. The van der Waals surface area contributed by atoms with Crippen LogP contribution < -0.4 is 5.32 Å². The van der Waals surface area contributed by atoms with Gasteiger partial charge >= 0.3 is 0 Å². The van der Waals surface area contributed by atoms with Crippen molar-refractivity contribution >= 4 is 0 Å². The second kappa shape index (κ2) is 5.86. The molecule has 15 heavy (non-hydrogen) atoms. The molecule has 1 fully saturated rings. The van der Waals surface area contributed by atoms with E-state index in [-0.39, 0.29) is 0 Å². The van der Waals surface area contributed by atoms with Crippen LogP contribution in [-0.2, 0) is 4.74 Å². The van der Waals surface area contributed by atoms with Crippen LogP contribution in [0.2, 0.25) is 0 Å². The molecule has 0 bridgehead atoms. The Morgan fingerprint density at radius 1 is 1.40 bits per heavy atom. The van der Waals surface area contributed by atoms with Crippen LogP contribution in [0.3, 0.4) is 0 Å². The predicted molar refractivity (Wildman–Crippen MR) is 65.1 cm³/mol. The summed E-state index contributed by atoms with van der Waals surface area (Å²) in [4.78, 5) is 0. The van der Waals surface area contributed by atoms with Crippen LogP contribution in [0.1, 0.15) is 47.0 Å². The standard InChI is InChI=1S/C13H27NO/c1-11(5-7-13(2,3)4)14-9-12-6-8-15-10-12/h11-12,14H,5-10H2,1-4H3. The predicted octanol–water partition coefficient (Wildman–Crippen LogP) is 2.83. The molecule has 1 N–H and O–H groups in total. The fourth-order valence-electron chi connectivity index (χ4n) is 1.86. The summed E-state index contributed by atoms with van der Waals surface area (Å²) in [6.45, 7) is 12.3. The van der Waals surface area contributed by atoms with Gasteiger partial charge in [-0.3, -0.25) is 0 Å². The minimum absolute atomic E-state index is 0.465. The van der Waals surface area contributed by atoms with E-state index in [0.717, 1.165) is 25.7 Å². The van der Waals surface area contributed by atoms with Gasteiger partial charge in [0.25, 0.3) is 0 Å². The number of rotatable bonds is 5. The Bertz CT molecular complexity index is 168. The minimum Gasteiger partial charge on any atom is -0.381 e. The van der Waals surface area contributed by atoms with Crippen molar-refractivity contribution in [1.29, 1.82) is 0 Å². The summed E-state index contributed by atoms with van der Waals surface area (Å²) in [5.74, 6) is 0.752. The van der Waals surface area contributed by atoms with Crippen LogP contribution in [0.15, 0.2) is 0 Å². The summed E-state index contributed by atoms with van der Waals surface area (Å²) >= 11 is 0. The second-order valence-corrected chi connectivity index (χ2v) is 6.14. The van der Waals surface area contributed by atoms with Gasteiger partial charge in [0.05, 0.1) is 6.61 Å². The normalized spacial score (nSPS) is 24.4. The molecule has 1 heterocycles. The first-order valence-electron chi connectivity index (χ1n) is 6.28. The monoisotopic (exact) mass is 213 g/mol. The fraction of sp³-hybridized carbons (Fsp3) is 1.00. The van der Waals surface area contributed by atoms with Gasteiger partial charge in [-0.1, -0.05) is 20.8 Å². The highest BCUT2D eigenvalue weighted by Crippen LogP contribution is 2.21. The van der Waals surface area contributed by atoms with E-state index in [0.29, 0.717) is 11.5 Å². The highest BCUT2D eigenvalue weighted by molar-refractivity contribution is 4.72. The lowest BCUT2D eigenvalue weighted by atomic mass is 9.89. The Labute approximate surface area is 94.8 Å². The number of nitrogens with one attached hydrogen (secondary N) is 1. The molecule has 0 saturated carbocycles. The lowest BCUT2D eigenvalue weighted by Gasteiger charge is -2.22. The number of hydrogen-bond acceptors (Lipinski definition) is 2. The first-order valence-corrected chi connectivity index (χ1v) is 6.28. The minimum atomic E-state index is 0.465. The summed E-state index contributed by atoms with van der Waals surface area (Å²) < 4.78 is 5.36. The van der Waals surface area contributed by atoms with Crippen molar-refractivity contribution in [2.24, 2.45) is 11.3 Å². The van der Waals surface area contributed by atoms with Gasteiger partial charge in [-0.05, 0) is 37.5 Å². The molecule has 2 nitrogen and oxygen atoms in total. The molecule has 2 unspecified atom stereocenters. The molecule has 1 rings (SSSR count). The van der Waals surface area contributed by atoms with Crippen molar-refractivity contribution in [3.8, 4) is 0 Å². The lowest BCUT2D eigenvalue weighted by molar-refractivity contribution is 0.184. The molecule has 0 aromatic carbocycles. The Kier molecular flexibility index (Phi) is 5.07. The Morgan fingerprint density at radius 2 is 2.13 bits per heavy atom. The third-order valence-corrected chi connectivity index (χ3v) is 3.11. The van der Waals surface area contributed by atoms with E-state index in [9.17, 15) is 0 Å². The van der Waals surface area contributed by atoms with Gasteiger partial charge in [-0.15, -0.1) is 0 Å². The van der Waals surface area contributed by atoms with Gasteiger partial charge in [0.2, 0.25) is 0 Å². The van der Waals surface area contributed by atoms with Crippen LogP contribution in [0.5, 0.6) is 0 Å². The second-order valence-electron chi connectivity index (χ2n) is 6.14. The van der Waals surface area contributed by atoms with Gasteiger partial charge in [0.1, 0.15) is 0 Å². The molecule has 0 spiro atoms. The van der Waals surface area contributed by atoms with E-state index in [4.69, 9.17) is 4.74 Å².